The Bertz CT molecular complexity index is 644. The van der Waals surface area contributed by atoms with Crippen molar-refractivity contribution >= 4 is 52.7 Å². The number of thioether (sulfide) groups is 1. The van der Waals surface area contributed by atoms with E-state index in [1.807, 2.05) is 0 Å². The zero-order valence-corrected chi connectivity index (χ0v) is 15.9. The van der Waals surface area contributed by atoms with E-state index >= 15 is 0 Å². The monoisotopic (exact) mass is 408 g/mol. The largest absolute Gasteiger partial charge is 0.480 e. The minimum absolute atomic E-state index is 0.125. The van der Waals surface area contributed by atoms with Gasteiger partial charge in [0.1, 0.15) is 6.04 Å². The van der Waals surface area contributed by atoms with Gasteiger partial charge in [0.15, 0.2) is 6.04 Å². The summed E-state index contributed by atoms with van der Waals surface area (Å²) in [5.41, 5.74) is 0.125. The average molecular weight is 409 g/mol. The molecule has 138 valence electrons. The summed E-state index contributed by atoms with van der Waals surface area (Å²) in [4.78, 5) is 35.8. The fourth-order valence-corrected chi connectivity index (χ4v) is 2.81. The van der Waals surface area contributed by atoms with Crippen LogP contribution in [0.2, 0.25) is 10.0 Å². The Hall–Kier alpha value is -1.48. The van der Waals surface area contributed by atoms with Gasteiger partial charge in [0, 0.05) is 17.9 Å². The van der Waals surface area contributed by atoms with Crippen molar-refractivity contribution in [2.75, 3.05) is 25.7 Å². The molecule has 1 aromatic carbocycles. The van der Waals surface area contributed by atoms with Crippen LogP contribution in [0, 0.1) is 0 Å². The predicted molar refractivity (Wildman–Crippen MR) is 97.5 cm³/mol. The Kier molecular flexibility index (Phi) is 9.05. The van der Waals surface area contributed by atoms with Gasteiger partial charge in [0.25, 0.3) is 5.91 Å². The van der Waals surface area contributed by atoms with E-state index in [0.717, 1.165) is 0 Å². The number of methoxy groups -OCH3 is 1. The summed E-state index contributed by atoms with van der Waals surface area (Å²) < 4.78 is 4.76. The molecule has 1 rings (SSSR count). The molecule has 0 saturated heterocycles. The van der Waals surface area contributed by atoms with E-state index < -0.39 is 29.9 Å². The third-order valence-corrected chi connectivity index (χ3v) is 4.31. The maximum atomic E-state index is 12.4. The first-order valence-electron chi connectivity index (χ1n) is 7.07. The number of hydrogen-bond acceptors (Lipinski definition) is 5. The average Bonchev–Trinajstić information content (AvgIpc) is 2.55. The molecule has 0 fully saturated rings. The summed E-state index contributed by atoms with van der Waals surface area (Å²) in [6.45, 7) is -0.193. The lowest BCUT2D eigenvalue weighted by molar-refractivity contribution is -0.143. The van der Waals surface area contributed by atoms with E-state index in [4.69, 9.17) is 33.0 Å². The lowest BCUT2D eigenvalue weighted by atomic mass is 10.2. The quantitative estimate of drug-likeness (QED) is 0.573. The molecule has 0 aliphatic rings. The van der Waals surface area contributed by atoms with Crippen LogP contribution in [-0.2, 0) is 14.3 Å². The number of aliphatic carboxylic acids is 1. The molecule has 0 aliphatic carbocycles. The van der Waals surface area contributed by atoms with E-state index in [-0.39, 0.29) is 22.9 Å². The topological polar surface area (TPSA) is 105 Å². The molecule has 0 radical (unpaired) electrons. The molecule has 0 aliphatic heterocycles. The summed E-state index contributed by atoms with van der Waals surface area (Å²) in [5, 5.41) is 14.5. The molecule has 2 amide bonds. The Labute approximate surface area is 159 Å². The van der Waals surface area contributed by atoms with Gasteiger partial charge in [-0.2, -0.15) is 11.8 Å². The third kappa shape index (κ3) is 6.74. The number of halogens is 2. The van der Waals surface area contributed by atoms with Crippen molar-refractivity contribution in [3.63, 3.8) is 0 Å². The normalized spacial score (nSPS) is 13.0. The van der Waals surface area contributed by atoms with Crippen molar-refractivity contribution in [2.24, 2.45) is 0 Å². The van der Waals surface area contributed by atoms with E-state index in [1.54, 1.807) is 6.26 Å². The molecular weight excluding hydrogens is 391 g/mol. The summed E-state index contributed by atoms with van der Waals surface area (Å²) >= 11 is 13.2. The smallest absolute Gasteiger partial charge is 0.328 e. The minimum Gasteiger partial charge on any atom is -0.480 e. The van der Waals surface area contributed by atoms with Gasteiger partial charge in [-0.25, -0.2) is 4.79 Å². The van der Waals surface area contributed by atoms with Gasteiger partial charge in [-0.05, 0) is 24.5 Å². The van der Waals surface area contributed by atoms with Crippen LogP contribution in [-0.4, -0.2) is 60.7 Å². The molecule has 0 unspecified atom stereocenters. The molecule has 25 heavy (non-hydrogen) atoms. The molecule has 0 bridgehead atoms. The molecule has 2 atom stereocenters. The summed E-state index contributed by atoms with van der Waals surface area (Å²) in [7, 11) is 1.32. The van der Waals surface area contributed by atoms with Gasteiger partial charge < -0.3 is 20.5 Å². The number of amides is 2. The summed E-state index contributed by atoms with van der Waals surface area (Å²) in [5.74, 6) is -2.21. The van der Waals surface area contributed by atoms with Crippen LogP contribution < -0.4 is 10.6 Å². The van der Waals surface area contributed by atoms with Crippen LogP contribution in [0.15, 0.2) is 18.2 Å². The number of carboxylic acid groups (broad SMARTS) is 1. The molecule has 7 nitrogen and oxygen atoms in total. The maximum Gasteiger partial charge on any atom is 0.328 e. The molecule has 1 aromatic rings. The van der Waals surface area contributed by atoms with Gasteiger partial charge in [-0.3, -0.25) is 9.59 Å². The van der Waals surface area contributed by atoms with Gasteiger partial charge in [-0.1, -0.05) is 23.2 Å². The fraction of sp³-hybridized carbons (Fsp3) is 0.400. The lowest BCUT2D eigenvalue weighted by Gasteiger charge is -2.21. The molecule has 10 heteroatoms. The van der Waals surface area contributed by atoms with Gasteiger partial charge in [0.05, 0.1) is 17.2 Å². The van der Waals surface area contributed by atoms with Crippen LogP contribution in [0.5, 0.6) is 0 Å². The standard InChI is InChI=1S/C15H18Cl2N2O5S/c1-24-6-11(15(22)23)18-14(21)12(7-25-2)19-13(20)9-5-8(16)3-4-10(9)17/h3-5,11-12H,6-7H2,1-2H3,(H,18,21)(H,19,20)(H,22,23)/t11-,12+/m0/s1. The van der Waals surface area contributed by atoms with E-state index in [1.165, 1.54) is 37.1 Å². The highest BCUT2D eigenvalue weighted by Crippen LogP contribution is 2.20. The van der Waals surface area contributed by atoms with Crippen molar-refractivity contribution in [1.82, 2.24) is 10.6 Å². The second kappa shape index (κ2) is 10.5. The van der Waals surface area contributed by atoms with Gasteiger partial charge >= 0.3 is 5.97 Å². The molecule has 3 N–H and O–H groups in total. The number of carboxylic acids is 1. The number of rotatable bonds is 9. The number of benzene rings is 1. The van der Waals surface area contributed by atoms with Crippen LogP contribution in [0.25, 0.3) is 0 Å². The van der Waals surface area contributed by atoms with Crippen molar-refractivity contribution in [3.8, 4) is 0 Å². The number of ether oxygens (including phenoxy) is 1. The number of carbonyl (C=O) groups is 3. The SMILES string of the molecule is COC[C@H](NC(=O)[C@@H](CSC)NC(=O)c1cc(Cl)ccc1Cl)C(=O)O. The fourth-order valence-electron chi connectivity index (χ4n) is 1.87. The van der Waals surface area contributed by atoms with Crippen molar-refractivity contribution in [1.29, 1.82) is 0 Å². The van der Waals surface area contributed by atoms with Crippen molar-refractivity contribution in [2.45, 2.75) is 12.1 Å². The number of nitrogens with one attached hydrogen (secondary N) is 2. The first-order chi connectivity index (χ1) is 11.8. The Morgan fingerprint density at radius 1 is 1.24 bits per heavy atom. The second-order valence-electron chi connectivity index (χ2n) is 4.96. The first kappa shape index (κ1) is 21.6. The Balaban J connectivity index is 2.88. The van der Waals surface area contributed by atoms with Crippen LogP contribution in [0.4, 0.5) is 0 Å². The highest BCUT2D eigenvalue weighted by molar-refractivity contribution is 7.98. The lowest BCUT2D eigenvalue weighted by Crippen LogP contribution is -2.53. The van der Waals surface area contributed by atoms with Gasteiger partial charge in [-0.15, -0.1) is 0 Å². The summed E-state index contributed by atoms with van der Waals surface area (Å²) in [6.07, 6.45) is 1.75. The van der Waals surface area contributed by atoms with E-state index in [9.17, 15) is 14.4 Å². The zero-order chi connectivity index (χ0) is 19.0. The maximum absolute atomic E-state index is 12.4. The molecule has 0 aromatic heterocycles. The molecule has 0 saturated carbocycles. The Morgan fingerprint density at radius 3 is 2.48 bits per heavy atom. The number of carbonyl (C=O) groups excluding carboxylic acids is 2. The molecule has 0 heterocycles. The number of hydrogen-bond donors (Lipinski definition) is 3. The third-order valence-electron chi connectivity index (χ3n) is 3.08. The van der Waals surface area contributed by atoms with E-state index in [2.05, 4.69) is 10.6 Å². The predicted octanol–water partition coefficient (Wildman–Crippen LogP) is 1.67. The highest BCUT2D eigenvalue weighted by Gasteiger charge is 2.27. The van der Waals surface area contributed by atoms with Crippen LogP contribution in [0.3, 0.4) is 0 Å². The van der Waals surface area contributed by atoms with Crippen LogP contribution >= 0.6 is 35.0 Å². The highest BCUT2D eigenvalue weighted by atomic mass is 35.5. The van der Waals surface area contributed by atoms with Crippen LogP contribution in [0.1, 0.15) is 10.4 Å². The van der Waals surface area contributed by atoms with E-state index in [0.29, 0.717) is 5.02 Å². The summed E-state index contributed by atoms with van der Waals surface area (Å²) in [6, 6.07) is 2.24. The Morgan fingerprint density at radius 2 is 1.92 bits per heavy atom. The second-order valence-corrected chi connectivity index (χ2v) is 6.71. The molecular formula is C15H18Cl2N2O5S. The van der Waals surface area contributed by atoms with Gasteiger partial charge in [0.2, 0.25) is 5.91 Å². The minimum atomic E-state index is -1.23. The zero-order valence-electron chi connectivity index (χ0n) is 13.5. The van der Waals surface area contributed by atoms with Crippen molar-refractivity contribution in [3.05, 3.63) is 33.8 Å². The molecule has 0 spiro atoms. The van der Waals surface area contributed by atoms with Crippen molar-refractivity contribution < 1.29 is 24.2 Å². The first-order valence-corrected chi connectivity index (χ1v) is 9.22.